The summed E-state index contributed by atoms with van der Waals surface area (Å²) in [7, 11) is 0. The van der Waals surface area contributed by atoms with Crippen LogP contribution >= 0.6 is 0 Å². The average molecular weight is 346 g/mol. The predicted molar refractivity (Wildman–Crippen MR) is 91.5 cm³/mol. The van der Waals surface area contributed by atoms with Gasteiger partial charge in [0.05, 0.1) is 13.2 Å². The van der Waals surface area contributed by atoms with Crippen LogP contribution in [0, 0.1) is 5.92 Å². The maximum atomic E-state index is 12.3. The van der Waals surface area contributed by atoms with Crippen molar-refractivity contribution in [2.75, 3.05) is 26.4 Å². The van der Waals surface area contributed by atoms with Crippen LogP contribution in [-0.2, 0) is 28.5 Å². The monoisotopic (exact) mass is 346 g/mol. The lowest BCUT2D eigenvalue weighted by Gasteiger charge is -2.21. The second-order valence-corrected chi connectivity index (χ2v) is 5.52. The molecule has 0 aliphatic carbocycles. The molecule has 0 aromatic carbocycles. The van der Waals surface area contributed by atoms with Gasteiger partial charge in [-0.25, -0.2) is 0 Å². The van der Waals surface area contributed by atoms with Crippen LogP contribution in [0.25, 0.3) is 0 Å². The summed E-state index contributed by atoms with van der Waals surface area (Å²) in [6.45, 7) is 9.52. The van der Waals surface area contributed by atoms with Gasteiger partial charge in [-0.3, -0.25) is 9.59 Å². The zero-order valence-electron chi connectivity index (χ0n) is 15.7. The minimum absolute atomic E-state index is 0.347. The van der Waals surface area contributed by atoms with E-state index in [1.165, 1.54) is 0 Å². The molecule has 0 spiro atoms. The molecule has 142 valence electrons. The zero-order valence-corrected chi connectivity index (χ0v) is 15.7. The average Bonchev–Trinajstić information content (AvgIpc) is 2.56. The summed E-state index contributed by atoms with van der Waals surface area (Å²) in [5.41, 5.74) is 0. The molecule has 0 saturated carbocycles. The summed E-state index contributed by atoms with van der Waals surface area (Å²) >= 11 is 0. The Morgan fingerprint density at radius 3 is 2.17 bits per heavy atom. The fraction of sp³-hybridized carbons (Fsp3) is 0.889. The molecule has 0 aromatic rings. The minimum atomic E-state index is -0.883. The van der Waals surface area contributed by atoms with Gasteiger partial charge in [0.1, 0.15) is 0 Å². The Hall–Kier alpha value is -1.14. The molecular formula is C18H34O6. The van der Waals surface area contributed by atoms with Crippen molar-refractivity contribution in [2.45, 2.75) is 72.5 Å². The van der Waals surface area contributed by atoms with Crippen LogP contribution in [0.4, 0.5) is 0 Å². The van der Waals surface area contributed by atoms with Gasteiger partial charge < -0.3 is 18.9 Å². The molecule has 6 heteroatoms. The lowest BCUT2D eigenvalue weighted by molar-refractivity contribution is -0.189. The van der Waals surface area contributed by atoms with E-state index in [9.17, 15) is 9.59 Å². The van der Waals surface area contributed by atoms with Crippen LogP contribution in [0.1, 0.15) is 66.2 Å². The molecule has 0 saturated heterocycles. The van der Waals surface area contributed by atoms with E-state index in [0.717, 1.165) is 19.3 Å². The number of hydrogen-bond acceptors (Lipinski definition) is 6. The highest BCUT2D eigenvalue weighted by atomic mass is 16.7. The normalized spacial score (nSPS) is 13.3. The van der Waals surface area contributed by atoms with Crippen LogP contribution in [0.5, 0.6) is 0 Å². The van der Waals surface area contributed by atoms with E-state index in [0.29, 0.717) is 45.7 Å². The minimum Gasteiger partial charge on any atom is -0.465 e. The third-order valence-corrected chi connectivity index (χ3v) is 3.44. The molecule has 0 fully saturated rings. The first-order chi connectivity index (χ1) is 11.6. The molecule has 0 N–H and O–H groups in total. The Kier molecular flexibility index (Phi) is 14.7. The van der Waals surface area contributed by atoms with E-state index < -0.39 is 24.1 Å². The number of hydrogen-bond donors (Lipinski definition) is 0. The molecule has 0 amide bonds. The molecule has 24 heavy (non-hydrogen) atoms. The van der Waals surface area contributed by atoms with Crippen molar-refractivity contribution < 1.29 is 28.5 Å². The molecule has 0 radical (unpaired) electrons. The summed E-state index contributed by atoms with van der Waals surface area (Å²) in [4.78, 5) is 24.5. The van der Waals surface area contributed by atoms with E-state index in [4.69, 9.17) is 18.9 Å². The first kappa shape index (κ1) is 22.9. The van der Waals surface area contributed by atoms with Gasteiger partial charge in [0.2, 0.25) is 6.29 Å². The molecule has 6 nitrogen and oxygen atoms in total. The third-order valence-electron chi connectivity index (χ3n) is 3.44. The lowest BCUT2D eigenvalue weighted by atomic mass is 10.0. The molecule has 2 atom stereocenters. The van der Waals surface area contributed by atoms with Crippen LogP contribution in [-0.4, -0.2) is 44.7 Å². The first-order valence-electron chi connectivity index (χ1n) is 9.16. The van der Waals surface area contributed by atoms with Crippen molar-refractivity contribution >= 4 is 11.9 Å². The van der Waals surface area contributed by atoms with Crippen LogP contribution in [0.3, 0.4) is 0 Å². The first-order valence-corrected chi connectivity index (χ1v) is 9.16. The lowest BCUT2D eigenvalue weighted by Crippen LogP contribution is -2.32. The number of carbonyl (C=O) groups excluding carboxylic acids is 2. The van der Waals surface area contributed by atoms with Crippen molar-refractivity contribution in [1.82, 2.24) is 0 Å². The Labute approximate surface area is 146 Å². The Balaban J connectivity index is 4.52. The van der Waals surface area contributed by atoms with Crippen molar-refractivity contribution in [3.8, 4) is 0 Å². The molecule has 0 bridgehead atoms. The predicted octanol–water partition coefficient (Wildman–Crippen LogP) is 3.47. The Morgan fingerprint density at radius 1 is 0.833 bits per heavy atom. The summed E-state index contributed by atoms with van der Waals surface area (Å²) in [5.74, 6) is -1.96. The second kappa shape index (κ2) is 15.4. The van der Waals surface area contributed by atoms with Gasteiger partial charge in [-0.1, -0.05) is 33.1 Å². The summed E-state index contributed by atoms with van der Waals surface area (Å²) < 4.78 is 21.2. The highest BCUT2D eigenvalue weighted by Crippen LogP contribution is 2.15. The fourth-order valence-corrected chi connectivity index (χ4v) is 2.14. The molecular weight excluding hydrogens is 312 g/mol. The molecule has 0 aliphatic heterocycles. The summed E-state index contributed by atoms with van der Waals surface area (Å²) in [5, 5.41) is 0. The Morgan fingerprint density at radius 2 is 1.58 bits per heavy atom. The number of rotatable bonds is 15. The number of ether oxygens (including phenoxy) is 4. The number of unbranched alkanes of at least 4 members (excludes halogenated alkanes) is 2. The quantitative estimate of drug-likeness (QED) is 0.196. The fourth-order valence-electron chi connectivity index (χ4n) is 2.14. The van der Waals surface area contributed by atoms with Crippen LogP contribution in [0.15, 0.2) is 0 Å². The van der Waals surface area contributed by atoms with Gasteiger partial charge >= 0.3 is 11.9 Å². The Bertz CT molecular complexity index is 331. The standard InChI is InChI=1S/C18H34O6/c1-5-9-10-13-23-17(19)15(11-6-2)18(20)24-16(22-8-4)12-14-21-7-3/h15-16H,5-14H2,1-4H3. The van der Waals surface area contributed by atoms with Crippen LogP contribution in [0.2, 0.25) is 0 Å². The molecule has 0 aliphatic rings. The van der Waals surface area contributed by atoms with E-state index >= 15 is 0 Å². The SMILES string of the molecule is CCCCCOC(=O)C(CCC)C(=O)OC(CCOCC)OCC. The molecule has 2 unspecified atom stereocenters. The van der Waals surface area contributed by atoms with Gasteiger partial charge in [-0.15, -0.1) is 0 Å². The van der Waals surface area contributed by atoms with Gasteiger partial charge in [0.25, 0.3) is 0 Å². The maximum absolute atomic E-state index is 12.3. The smallest absolute Gasteiger partial charge is 0.322 e. The van der Waals surface area contributed by atoms with E-state index in [1.54, 1.807) is 0 Å². The third kappa shape index (κ3) is 10.6. The van der Waals surface area contributed by atoms with Crippen molar-refractivity contribution in [2.24, 2.45) is 5.92 Å². The number of esters is 2. The van der Waals surface area contributed by atoms with E-state index in [2.05, 4.69) is 6.92 Å². The number of carbonyl (C=O) groups is 2. The topological polar surface area (TPSA) is 71.1 Å². The summed E-state index contributed by atoms with van der Waals surface area (Å²) in [6, 6.07) is 0. The zero-order chi connectivity index (χ0) is 18.2. The van der Waals surface area contributed by atoms with Gasteiger partial charge in [-0.05, 0) is 26.7 Å². The van der Waals surface area contributed by atoms with Crippen molar-refractivity contribution in [3.63, 3.8) is 0 Å². The van der Waals surface area contributed by atoms with Gasteiger partial charge in [0.15, 0.2) is 5.92 Å². The molecule has 0 aromatic heterocycles. The van der Waals surface area contributed by atoms with Gasteiger partial charge in [0, 0.05) is 19.6 Å². The van der Waals surface area contributed by atoms with Crippen molar-refractivity contribution in [3.05, 3.63) is 0 Å². The molecule has 0 heterocycles. The van der Waals surface area contributed by atoms with E-state index in [1.807, 2.05) is 20.8 Å². The highest BCUT2D eigenvalue weighted by Gasteiger charge is 2.31. The molecule has 0 rings (SSSR count). The van der Waals surface area contributed by atoms with Crippen molar-refractivity contribution in [1.29, 1.82) is 0 Å². The van der Waals surface area contributed by atoms with E-state index in [-0.39, 0.29) is 0 Å². The van der Waals surface area contributed by atoms with Crippen LogP contribution < -0.4 is 0 Å². The maximum Gasteiger partial charge on any atom is 0.322 e. The largest absolute Gasteiger partial charge is 0.465 e. The van der Waals surface area contributed by atoms with Gasteiger partial charge in [-0.2, -0.15) is 0 Å². The second-order valence-electron chi connectivity index (χ2n) is 5.52. The summed E-state index contributed by atoms with van der Waals surface area (Å²) in [6.07, 6.45) is 3.72. The highest BCUT2D eigenvalue weighted by molar-refractivity contribution is 5.94.